The first-order chi connectivity index (χ1) is 13.2. The number of likely N-dealkylation sites (tertiary alicyclic amines) is 2. The first-order valence-electron chi connectivity index (χ1n) is 9.96. The predicted molar refractivity (Wildman–Crippen MR) is 107 cm³/mol. The molecule has 150 valence electrons. The number of ether oxygens (including phenoxy) is 1. The van der Waals surface area contributed by atoms with E-state index in [0.29, 0.717) is 11.3 Å². The third kappa shape index (κ3) is 4.64. The lowest BCUT2D eigenvalue weighted by Crippen LogP contribution is -2.50. The number of nitrogens with zero attached hydrogens (tertiary/aromatic N) is 3. The highest BCUT2D eigenvalue weighted by molar-refractivity contribution is 5.94. The molecule has 0 radical (unpaired) electrons. The summed E-state index contributed by atoms with van der Waals surface area (Å²) in [7, 11) is 0. The Bertz CT molecular complexity index is 756. The zero-order valence-corrected chi connectivity index (χ0v) is 17.0. The predicted octanol–water partition coefficient (Wildman–Crippen LogP) is 4.49. The Morgan fingerprint density at radius 3 is 1.93 bits per heavy atom. The van der Waals surface area contributed by atoms with Crippen molar-refractivity contribution in [3.63, 3.8) is 0 Å². The Hall–Kier alpha value is -2.55. The third-order valence-corrected chi connectivity index (χ3v) is 5.83. The number of hydrogen-bond donors (Lipinski definition) is 0. The number of benzene rings is 1. The second-order valence-corrected chi connectivity index (χ2v) is 8.92. The number of carbonyl (C=O) groups is 2. The van der Waals surface area contributed by atoms with Gasteiger partial charge in [-0.15, -0.1) is 0 Å². The maximum Gasteiger partial charge on any atom is 0.410 e. The number of rotatable bonds is 1. The summed E-state index contributed by atoms with van der Waals surface area (Å²) in [5.74, 6) is 0.0394. The first kappa shape index (κ1) is 20.2. The summed E-state index contributed by atoms with van der Waals surface area (Å²) in [4.78, 5) is 32.1. The van der Waals surface area contributed by atoms with Crippen molar-refractivity contribution in [3.05, 3.63) is 41.2 Å². The van der Waals surface area contributed by atoms with Crippen molar-refractivity contribution in [1.82, 2.24) is 9.80 Å². The van der Waals surface area contributed by atoms with Crippen LogP contribution in [0.5, 0.6) is 0 Å². The highest BCUT2D eigenvalue weighted by Gasteiger charge is 2.40. The van der Waals surface area contributed by atoms with E-state index in [-0.39, 0.29) is 17.4 Å². The number of amides is 2. The molecule has 0 saturated carbocycles. The lowest BCUT2D eigenvalue weighted by molar-refractivity contribution is -0.00113. The Balaban J connectivity index is 1.52. The van der Waals surface area contributed by atoms with Gasteiger partial charge in [0.1, 0.15) is 5.60 Å². The zero-order chi connectivity index (χ0) is 20.4. The van der Waals surface area contributed by atoms with Crippen LogP contribution in [0.4, 0.5) is 10.5 Å². The largest absolute Gasteiger partial charge is 0.444 e. The summed E-state index contributed by atoms with van der Waals surface area (Å²) in [6.45, 7) is 15.6. The van der Waals surface area contributed by atoms with Gasteiger partial charge in [-0.05, 0) is 51.9 Å². The molecule has 3 rings (SSSR count). The molecular formula is C22H29N3O3. The lowest BCUT2D eigenvalue weighted by Gasteiger charge is -2.46. The molecule has 2 aliphatic heterocycles. The van der Waals surface area contributed by atoms with Gasteiger partial charge in [0.05, 0.1) is 6.57 Å². The van der Waals surface area contributed by atoms with Crippen LogP contribution in [0.2, 0.25) is 0 Å². The van der Waals surface area contributed by atoms with E-state index in [9.17, 15) is 9.59 Å². The summed E-state index contributed by atoms with van der Waals surface area (Å²) < 4.78 is 5.48. The number of carbonyl (C=O) groups excluding carboxylic acids is 2. The van der Waals surface area contributed by atoms with Crippen molar-refractivity contribution in [1.29, 1.82) is 0 Å². The van der Waals surface area contributed by atoms with E-state index in [1.807, 2.05) is 30.6 Å². The van der Waals surface area contributed by atoms with Gasteiger partial charge >= 0.3 is 6.09 Å². The van der Waals surface area contributed by atoms with Gasteiger partial charge in [0, 0.05) is 31.7 Å². The first-order valence-corrected chi connectivity index (χ1v) is 9.96. The van der Waals surface area contributed by atoms with Crippen LogP contribution in [0.15, 0.2) is 24.3 Å². The molecule has 0 atom stereocenters. The zero-order valence-electron chi connectivity index (χ0n) is 17.0. The molecule has 28 heavy (non-hydrogen) atoms. The molecule has 0 aliphatic carbocycles. The quantitative estimate of drug-likeness (QED) is 0.672. The molecule has 1 aromatic carbocycles. The molecule has 2 aliphatic rings. The highest BCUT2D eigenvalue weighted by atomic mass is 16.6. The summed E-state index contributed by atoms with van der Waals surface area (Å²) in [6, 6.07) is 6.86. The van der Waals surface area contributed by atoms with Crippen LogP contribution in [-0.2, 0) is 4.74 Å². The van der Waals surface area contributed by atoms with E-state index in [4.69, 9.17) is 11.3 Å². The van der Waals surface area contributed by atoms with E-state index >= 15 is 0 Å². The average Bonchev–Trinajstić information content (AvgIpc) is 2.67. The highest BCUT2D eigenvalue weighted by Crippen LogP contribution is 2.41. The molecule has 1 aromatic rings. The second kappa shape index (κ2) is 7.83. The van der Waals surface area contributed by atoms with Gasteiger partial charge in [0.25, 0.3) is 5.91 Å². The number of hydrogen-bond acceptors (Lipinski definition) is 3. The van der Waals surface area contributed by atoms with E-state index in [0.717, 1.165) is 51.9 Å². The summed E-state index contributed by atoms with van der Waals surface area (Å²) >= 11 is 0. The van der Waals surface area contributed by atoms with Crippen molar-refractivity contribution in [2.45, 2.75) is 52.1 Å². The van der Waals surface area contributed by atoms with Gasteiger partial charge in [-0.25, -0.2) is 9.64 Å². The van der Waals surface area contributed by atoms with Gasteiger partial charge in [-0.3, -0.25) is 4.79 Å². The van der Waals surface area contributed by atoms with Crippen LogP contribution >= 0.6 is 0 Å². The maximum atomic E-state index is 12.7. The van der Waals surface area contributed by atoms with Crippen LogP contribution in [-0.4, -0.2) is 53.6 Å². The van der Waals surface area contributed by atoms with Crippen molar-refractivity contribution in [3.8, 4) is 0 Å². The Kier molecular flexibility index (Phi) is 5.64. The van der Waals surface area contributed by atoms with E-state index in [2.05, 4.69) is 4.85 Å². The fourth-order valence-electron chi connectivity index (χ4n) is 4.04. The fraction of sp³-hybridized carbons (Fsp3) is 0.591. The van der Waals surface area contributed by atoms with Crippen molar-refractivity contribution in [2.75, 3.05) is 26.2 Å². The minimum atomic E-state index is -0.467. The number of piperidine rings is 2. The second-order valence-electron chi connectivity index (χ2n) is 8.92. The van der Waals surface area contributed by atoms with Gasteiger partial charge in [-0.2, -0.15) is 0 Å². The summed E-state index contributed by atoms with van der Waals surface area (Å²) in [5, 5.41) is 0. The molecule has 2 saturated heterocycles. The van der Waals surface area contributed by atoms with E-state index < -0.39 is 5.60 Å². The van der Waals surface area contributed by atoms with Crippen LogP contribution in [0, 0.1) is 12.0 Å². The SMILES string of the molecule is [C-]#[N+]c1ccc(C(=O)N2CCC3(CCN(C(=O)OC(C)(C)C)CC3)CC2)cc1. The summed E-state index contributed by atoms with van der Waals surface area (Å²) in [5.41, 5.74) is 0.947. The molecule has 0 N–H and O–H groups in total. The molecule has 6 heteroatoms. The normalized spacial score (nSPS) is 19.2. The minimum Gasteiger partial charge on any atom is -0.444 e. The molecule has 0 aromatic heterocycles. The van der Waals surface area contributed by atoms with Crippen molar-refractivity contribution in [2.24, 2.45) is 5.41 Å². The van der Waals surface area contributed by atoms with Crippen LogP contribution in [0.25, 0.3) is 4.85 Å². The molecule has 0 unspecified atom stereocenters. The Labute approximate surface area is 167 Å². The molecule has 2 amide bonds. The minimum absolute atomic E-state index is 0.0394. The van der Waals surface area contributed by atoms with Gasteiger partial charge in [-0.1, -0.05) is 24.3 Å². The fourth-order valence-corrected chi connectivity index (χ4v) is 4.04. The Morgan fingerprint density at radius 1 is 0.964 bits per heavy atom. The molecule has 1 spiro atoms. The van der Waals surface area contributed by atoms with Gasteiger partial charge in [0.15, 0.2) is 5.69 Å². The molecule has 0 bridgehead atoms. The van der Waals surface area contributed by atoms with Crippen LogP contribution in [0.3, 0.4) is 0 Å². The average molecular weight is 383 g/mol. The standard InChI is InChI=1S/C22H29N3O3/c1-21(2,3)28-20(27)25-15-11-22(12-16-25)9-13-24(14-10-22)19(26)17-5-7-18(23-4)8-6-17/h5-8H,9-16H2,1-3H3. The smallest absolute Gasteiger partial charge is 0.410 e. The van der Waals surface area contributed by atoms with E-state index in [1.54, 1.807) is 24.3 Å². The summed E-state index contributed by atoms with van der Waals surface area (Å²) in [6.07, 6.45) is 3.65. The molecule has 2 heterocycles. The molecule has 2 fully saturated rings. The van der Waals surface area contributed by atoms with E-state index in [1.165, 1.54) is 0 Å². The van der Waals surface area contributed by atoms with Crippen molar-refractivity contribution >= 4 is 17.7 Å². The molecule has 6 nitrogen and oxygen atoms in total. The monoisotopic (exact) mass is 383 g/mol. The van der Waals surface area contributed by atoms with Crippen LogP contribution < -0.4 is 0 Å². The Morgan fingerprint density at radius 2 is 1.46 bits per heavy atom. The topological polar surface area (TPSA) is 54.2 Å². The van der Waals surface area contributed by atoms with Gasteiger partial charge < -0.3 is 14.5 Å². The third-order valence-electron chi connectivity index (χ3n) is 5.83. The lowest BCUT2D eigenvalue weighted by atomic mass is 9.71. The van der Waals surface area contributed by atoms with Crippen LogP contribution in [0.1, 0.15) is 56.8 Å². The van der Waals surface area contributed by atoms with Crippen molar-refractivity contribution < 1.29 is 14.3 Å². The van der Waals surface area contributed by atoms with Gasteiger partial charge in [0.2, 0.25) is 0 Å². The maximum absolute atomic E-state index is 12.7. The molecular weight excluding hydrogens is 354 g/mol.